The zero-order valence-corrected chi connectivity index (χ0v) is 12.5. The summed E-state index contributed by atoms with van der Waals surface area (Å²) >= 11 is 0. The second kappa shape index (κ2) is 7.01. The quantitative estimate of drug-likeness (QED) is 0.714. The standard InChI is InChI=1S/C20H20NO/c22-15-7-6-12-20-19-11-5-4-10-18(19)13-14-21(20)16-17-8-2-1-3-9-17/h1-6,8-14,22H,7,15-16H2/q+1. The Hall–Kier alpha value is -2.45. The van der Waals surface area contributed by atoms with E-state index >= 15 is 0 Å². The Bertz CT molecular complexity index is 778. The molecule has 3 aromatic rings. The van der Waals surface area contributed by atoms with Crippen molar-refractivity contribution in [2.75, 3.05) is 6.61 Å². The van der Waals surface area contributed by atoms with E-state index in [1.807, 2.05) is 12.1 Å². The van der Waals surface area contributed by atoms with Gasteiger partial charge in [0.1, 0.15) is 0 Å². The molecule has 0 fully saturated rings. The van der Waals surface area contributed by atoms with Gasteiger partial charge in [0, 0.05) is 24.3 Å². The van der Waals surface area contributed by atoms with Crippen LogP contribution in [0.3, 0.4) is 0 Å². The lowest BCUT2D eigenvalue weighted by Gasteiger charge is -2.05. The van der Waals surface area contributed by atoms with Crippen LogP contribution in [-0.4, -0.2) is 11.7 Å². The van der Waals surface area contributed by atoms with E-state index in [0.717, 1.165) is 6.54 Å². The SMILES string of the molecule is OCCC=Cc1c2ccccc2cc[n+]1Cc1ccccc1. The van der Waals surface area contributed by atoms with Gasteiger partial charge in [-0.15, -0.1) is 0 Å². The monoisotopic (exact) mass is 290 g/mol. The van der Waals surface area contributed by atoms with Gasteiger partial charge in [-0.2, -0.15) is 4.57 Å². The Labute approximate surface area is 131 Å². The summed E-state index contributed by atoms with van der Waals surface area (Å²) in [5, 5.41) is 11.5. The summed E-state index contributed by atoms with van der Waals surface area (Å²) in [7, 11) is 0. The summed E-state index contributed by atoms with van der Waals surface area (Å²) in [6, 6.07) is 21.0. The highest BCUT2D eigenvalue weighted by Gasteiger charge is 2.12. The first-order chi connectivity index (χ1) is 10.9. The fourth-order valence-electron chi connectivity index (χ4n) is 2.65. The van der Waals surface area contributed by atoms with Crippen molar-refractivity contribution in [3.05, 3.63) is 84.2 Å². The van der Waals surface area contributed by atoms with Crippen molar-refractivity contribution in [1.29, 1.82) is 0 Å². The maximum atomic E-state index is 9.00. The van der Waals surface area contributed by atoms with E-state index in [9.17, 15) is 0 Å². The first kappa shape index (κ1) is 14.5. The van der Waals surface area contributed by atoms with E-state index in [0.29, 0.717) is 6.42 Å². The first-order valence-electron chi connectivity index (χ1n) is 7.61. The van der Waals surface area contributed by atoms with Crippen LogP contribution in [0.1, 0.15) is 17.7 Å². The molecule has 1 aromatic heterocycles. The van der Waals surface area contributed by atoms with Crippen molar-refractivity contribution in [1.82, 2.24) is 0 Å². The summed E-state index contributed by atoms with van der Waals surface area (Å²) in [6.45, 7) is 1.02. The van der Waals surface area contributed by atoms with Gasteiger partial charge in [-0.05, 0) is 17.9 Å². The molecule has 0 bridgehead atoms. The lowest BCUT2D eigenvalue weighted by Crippen LogP contribution is -2.37. The Morgan fingerprint density at radius 2 is 1.68 bits per heavy atom. The summed E-state index contributed by atoms with van der Waals surface area (Å²) in [6.07, 6.45) is 6.95. The van der Waals surface area contributed by atoms with Gasteiger partial charge in [0.05, 0.1) is 5.39 Å². The molecule has 0 unspecified atom stereocenters. The second-order valence-corrected chi connectivity index (χ2v) is 5.32. The molecule has 0 saturated heterocycles. The van der Waals surface area contributed by atoms with Gasteiger partial charge in [-0.1, -0.05) is 54.6 Å². The predicted molar refractivity (Wildman–Crippen MR) is 90.4 cm³/mol. The van der Waals surface area contributed by atoms with Crippen LogP contribution < -0.4 is 4.57 Å². The smallest absolute Gasteiger partial charge is 0.213 e. The fourth-order valence-corrected chi connectivity index (χ4v) is 2.65. The molecule has 0 atom stereocenters. The third-order valence-electron chi connectivity index (χ3n) is 3.75. The van der Waals surface area contributed by atoms with Crippen LogP contribution in [0.25, 0.3) is 16.8 Å². The van der Waals surface area contributed by atoms with Crippen LogP contribution in [0.4, 0.5) is 0 Å². The number of hydrogen-bond acceptors (Lipinski definition) is 1. The average molecular weight is 290 g/mol. The molecule has 1 heterocycles. The molecule has 2 heteroatoms. The van der Waals surface area contributed by atoms with Crippen molar-refractivity contribution in [2.45, 2.75) is 13.0 Å². The molecule has 2 nitrogen and oxygen atoms in total. The number of pyridine rings is 1. The molecule has 0 aliphatic rings. The van der Waals surface area contributed by atoms with Crippen LogP contribution >= 0.6 is 0 Å². The average Bonchev–Trinajstić information content (AvgIpc) is 2.57. The Morgan fingerprint density at radius 1 is 0.909 bits per heavy atom. The fraction of sp³-hybridized carbons (Fsp3) is 0.150. The van der Waals surface area contributed by atoms with Crippen LogP contribution in [-0.2, 0) is 6.54 Å². The van der Waals surface area contributed by atoms with E-state index in [1.165, 1.54) is 22.0 Å². The molecule has 0 amide bonds. The normalized spacial score (nSPS) is 11.3. The van der Waals surface area contributed by atoms with E-state index in [2.05, 4.69) is 71.4 Å². The first-order valence-corrected chi connectivity index (χ1v) is 7.61. The number of rotatable bonds is 5. The third kappa shape index (κ3) is 3.23. The van der Waals surface area contributed by atoms with Crippen molar-refractivity contribution >= 4 is 16.8 Å². The number of nitrogens with zero attached hydrogens (tertiary/aromatic N) is 1. The largest absolute Gasteiger partial charge is 0.396 e. The number of aromatic nitrogens is 1. The molecule has 22 heavy (non-hydrogen) atoms. The minimum absolute atomic E-state index is 0.181. The molecule has 0 radical (unpaired) electrons. The van der Waals surface area contributed by atoms with E-state index < -0.39 is 0 Å². The summed E-state index contributed by atoms with van der Waals surface area (Å²) < 4.78 is 2.26. The zero-order chi connectivity index (χ0) is 15.2. The number of fused-ring (bicyclic) bond motifs is 1. The summed E-state index contributed by atoms with van der Waals surface area (Å²) in [5.74, 6) is 0. The van der Waals surface area contributed by atoms with Crippen molar-refractivity contribution < 1.29 is 9.67 Å². The number of aliphatic hydroxyl groups is 1. The highest BCUT2D eigenvalue weighted by atomic mass is 16.2. The Kier molecular flexibility index (Phi) is 4.62. The highest BCUT2D eigenvalue weighted by molar-refractivity contribution is 5.87. The van der Waals surface area contributed by atoms with Crippen molar-refractivity contribution in [2.24, 2.45) is 0 Å². The maximum Gasteiger partial charge on any atom is 0.213 e. The van der Waals surface area contributed by atoms with Gasteiger partial charge in [-0.25, -0.2) is 0 Å². The lowest BCUT2D eigenvalue weighted by atomic mass is 10.1. The van der Waals surface area contributed by atoms with Crippen LogP contribution in [0, 0.1) is 0 Å². The lowest BCUT2D eigenvalue weighted by molar-refractivity contribution is -0.688. The Balaban J connectivity index is 2.06. The third-order valence-corrected chi connectivity index (χ3v) is 3.75. The summed E-state index contributed by atoms with van der Waals surface area (Å²) in [4.78, 5) is 0. The number of hydrogen-bond donors (Lipinski definition) is 1. The molecule has 2 aromatic carbocycles. The van der Waals surface area contributed by atoms with Gasteiger partial charge in [0.15, 0.2) is 12.7 Å². The second-order valence-electron chi connectivity index (χ2n) is 5.32. The van der Waals surface area contributed by atoms with E-state index in [-0.39, 0.29) is 6.61 Å². The van der Waals surface area contributed by atoms with Crippen LogP contribution in [0.5, 0.6) is 0 Å². The number of aliphatic hydroxyl groups excluding tert-OH is 1. The van der Waals surface area contributed by atoms with Crippen molar-refractivity contribution in [3.8, 4) is 0 Å². The van der Waals surface area contributed by atoms with Gasteiger partial charge in [0.2, 0.25) is 5.69 Å². The molecule has 0 spiro atoms. The molecule has 0 saturated carbocycles. The zero-order valence-electron chi connectivity index (χ0n) is 12.5. The molecule has 0 aliphatic carbocycles. The topological polar surface area (TPSA) is 24.1 Å². The molecular weight excluding hydrogens is 270 g/mol. The molecule has 110 valence electrons. The molecule has 3 rings (SSSR count). The van der Waals surface area contributed by atoms with E-state index in [1.54, 1.807) is 0 Å². The van der Waals surface area contributed by atoms with Crippen LogP contribution in [0.2, 0.25) is 0 Å². The minimum Gasteiger partial charge on any atom is -0.396 e. The van der Waals surface area contributed by atoms with Gasteiger partial charge < -0.3 is 5.11 Å². The van der Waals surface area contributed by atoms with Gasteiger partial charge in [0.25, 0.3) is 0 Å². The van der Waals surface area contributed by atoms with E-state index in [4.69, 9.17) is 5.11 Å². The number of benzene rings is 2. The molecule has 0 aliphatic heterocycles. The maximum absolute atomic E-state index is 9.00. The Morgan fingerprint density at radius 3 is 2.50 bits per heavy atom. The minimum atomic E-state index is 0.181. The van der Waals surface area contributed by atoms with Crippen molar-refractivity contribution in [3.63, 3.8) is 0 Å². The molecular formula is C20H20NO+. The predicted octanol–water partition coefficient (Wildman–Crippen LogP) is 3.57. The summed E-state index contributed by atoms with van der Waals surface area (Å²) in [5.41, 5.74) is 2.45. The van der Waals surface area contributed by atoms with Gasteiger partial charge in [-0.3, -0.25) is 0 Å². The highest BCUT2D eigenvalue weighted by Crippen LogP contribution is 2.17. The molecule has 1 N–H and O–H groups in total. The van der Waals surface area contributed by atoms with Gasteiger partial charge >= 0.3 is 0 Å². The van der Waals surface area contributed by atoms with Crippen LogP contribution in [0.15, 0.2) is 72.9 Å².